The van der Waals surface area contributed by atoms with Gasteiger partial charge in [-0.3, -0.25) is 6.08 Å². The summed E-state index contributed by atoms with van der Waals surface area (Å²) in [5.74, 6) is 0. The van der Waals surface area contributed by atoms with Gasteiger partial charge in [-0.2, -0.15) is 35.9 Å². The van der Waals surface area contributed by atoms with Gasteiger partial charge in [-0.25, -0.2) is 12.2 Å². The van der Waals surface area contributed by atoms with Crippen LogP contribution in [0, 0.1) is 19.1 Å². The van der Waals surface area contributed by atoms with Gasteiger partial charge in [-0.1, -0.05) is 35.4 Å². The van der Waals surface area contributed by atoms with Crippen molar-refractivity contribution in [1.82, 2.24) is 0 Å². The number of rotatable bonds is 4. The normalized spacial score (nSPS) is 11.6. The summed E-state index contributed by atoms with van der Waals surface area (Å²) in [6.45, 7) is 4.44. The SMILES string of the molecule is CCCC[C](=[Hf+2])c1ccc(C)s1.Cl.Cl.[C-]1=CC=CC1.[c-]1cccc2c1Cc1ccccc1-2. The summed E-state index contributed by atoms with van der Waals surface area (Å²) in [5, 5.41) is 0. The number of halogens is 2. The third-order valence-corrected chi connectivity index (χ3v) is 8.60. The maximum Gasteiger partial charge on any atom is -0.0253 e. The first-order chi connectivity index (χ1) is 14.7. The van der Waals surface area contributed by atoms with E-state index in [1.54, 1.807) is 3.26 Å². The van der Waals surface area contributed by atoms with Gasteiger partial charge in [0, 0.05) is 0 Å². The molecule has 166 valence electrons. The summed E-state index contributed by atoms with van der Waals surface area (Å²) in [7, 11) is 0. The Morgan fingerprint density at radius 2 is 1.81 bits per heavy atom. The summed E-state index contributed by atoms with van der Waals surface area (Å²) in [6.07, 6.45) is 15.0. The van der Waals surface area contributed by atoms with Crippen LogP contribution in [0.25, 0.3) is 11.1 Å². The van der Waals surface area contributed by atoms with Gasteiger partial charge in [-0.05, 0) is 6.42 Å². The molecular weight excluding hydrogens is 618 g/mol. The first-order valence-electron chi connectivity index (χ1n) is 10.6. The van der Waals surface area contributed by atoms with Crippen molar-refractivity contribution in [2.24, 2.45) is 0 Å². The summed E-state index contributed by atoms with van der Waals surface area (Å²) < 4.78 is 1.69. The van der Waals surface area contributed by atoms with E-state index in [0.717, 1.165) is 12.8 Å². The zero-order valence-electron chi connectivity index (χ0n) is 18.7. The van der Waals surface area contributed by atoms with Gasteiger partial charge in [-0.15, -0.1) is 36.8 Å². The van der Waals surface area contributed by atoms with Crippen molar-refractivity contribution in [3.8, 4) is 11.1 Å². The van der Waals surface area contributed by atoms with Crippen LogP contribution < -0.4 is 0 Å². The van der Waals surface area contributed by atoms with Crippen LogP contribution in [0.15, 0.2) is 72.8 Å². The molecule has 2 aromatic carbocycles. The van der Waals surface area contributed by atoms with Crippen molar-refractivity contribution in [2.75, 3.05) is 0 Å². The van der Waals surface area contributed by atoms with Crippen molar-refractivity contribution in [1.29, 1.82) is 0 Å². The van der Waals surface area contributed by atoms with Crippen LogP contribution in [0.2, 0.25) is 0 Å². The summed E-state index contributed by atoms with van der Waals surface area (Å²) in [6, 6.07) is 22.6. The summed E-state index contributed by atoms with van der Waals surface area (Å²) >= 11 is 3.18. The van der Waals surface area contributed by atoms with Gasteiger partial charge in [0.2, 0.25) is 0 Å². The number of hydrogen-bond donors (Lipinski definition) is 0. The molecule has 0 aliphatic heterocycles. The topological polar surface area (TPSA) is 0 Å². The minimum Gasteiger partial charge on any atom is -0.273 e. The minimum absolute atomic E-state index is 0. The minimum atomic E-state index is 0. The first kappa shape index (κ1) is 29.0. The fourth-order valence-electron chi connectivity index (χ4n) is 3.41. The van der Waals surface area contributed by atoms with Crippen LogP contribution >= 0.6 is 36.2 Å². The number of thiophene rings is 1. The van der Waals surface area contributed by atoms with Crippen LogP contribution in [0.5, 0.6) is 0 Å². The fraction of sp³-hybridized carbons (Fsp3) is 0.250. The molecule has 0 saturated carbocycles. The number of aryl methyl sites for hydroxylation is 1. The maximum atomic E-state index is 3.30. The van der Waals surface area contributed by atoms with E-state index in [1.165, 1.54) is 75.2 Å². The first-order valence-corrected chi connectivity index (χ1v) is 13.2. The summed E-state index contributed by atoms with van der Waals surface area (Å²) in [4.78, 5) is 2.97. The summed E-state index contributed by atoms with van der Waals surface area (Å²) in [5.41, 5.74) is 5.51. The zero-order chi connectivity index (χ0) is 21.2. The molecule has 0 saturated heterocycles. The average molecular weight is 648 g/mol. The maximum absolute atomic E-state index is 3.30. The Morgan fingerprint density at radius 1 is 1.03 bits per heavy atom. The second-order valence-electron chi connectivity index (χ2n) is 7.39. The molecule has 0 N–H and O–H groups in total. The number of fused-ring (bicyclic) bond motifs is 3. The number of allylic oxidation sites excluding steroid dienone is 4. The molecule has 0 radical (unpaired) electrons. The van der Waals surface area contributed by atoms with Crippen molar-refractivity contribution in [3.63, 3.8) is 0 Å². The third kappa shape index (κ3) is 8.71. The number of unbranched alkanes of at least 4 members (excludes halogenated alkanes) is 1. The van der Waals surface area contributed by atoms with Crippen molar-refractivity contribution >= 4 is 39.4 Å². The van der Waals surface area contributed by atoms with Gasteiger partial charge >= 0.3 is 93.5 Å². The van der Waals surface area contributed by atoms with E-state index in [2.05, 4.69) is 80.6 Å². The van der Waals surface area contributed by atoms with Gasteiger partial charge in [0.15, 0.2) is 0 Å². The van der Waals surface area contributed by atoms with Crippen LogP contribution in [0.3, 0.4) is 0 Å². The van der Waals surface area contributed by atoms with E-state index in [4.69, 9.17) is 0 Å². The number of hydrogen-bond acceptors (Lipinski definition) is 1. The molecule has 2 aliphatic carbocycles. The molecule has 32 heavy (non-hydrogen) atoms. The van der Waals surface area contributed by atoms with Crippen LogP contribution in [0.4, 0.5) is 0 Å². The molecule has 0 bridgehead atoms. The van der Waals surface area contributed by atoms with E-state index < -0.39 is 0 Å². The van der Waals surface area contributed by atoms with E-state index >= 15 is 0 Å². The molecule has 5 rings (SSSR count). The molecule has 0 fully saturated rings. The van der Waals surface area contributed by atoms with Crippen LogP contribution in [-0.2, 0) is 30.3 Å². The second-order valence-corrected chi connectivity index (χ2v) is 10.8. The molecule has 0 unspecified atom stereocenters. The van der Waals surface area contributed by atoms with Crippen molar-refractivity contribution < 1.29 is 23.9 Å². The van der Waals surface area contributed by atoms with Gasteiger partial charge in [0.25, 0.3) is 0 Å². The Morgan fingerprint density at radius 3 is 2.44 bits per heavy atom. The Hall–Kier alpha value is -1.06. The Kier molecular flexibility index (Phi) is 14.2. The quantitative estimate of drug-likeness (QED) is 0.154. The van der Waals surface area contributed by atoms with E-state index in [-0.39, 0.29) is 24.8 Å². The van der Waals surface area contributed by atoms with E-state index in [9.17, 15) is 0 Å². The van der Waals surface area contributed by atoms with Gasteiger partial charge < -0.3 is 0 Å². The van der Waals surface area contributed by atoms with Crippen LogP contribution in [0.1, 0.15) is 53.5 Å². The predicted octanol–water partition coefficient (Wildman–Crippen LogP) is 8.52. The average Bonchev–Trinajstić information content (AvgIpc) is 3.54. The van der Waals surface area contributed by atoms with E-state index in [1.807, 2.05) is 29.6 Å². The molecule has 0 spiro atoms. The monoisotopic (exact) mass is 648 g/mol. The predicted molar refractivity (Wildman–Crippen MR) is 142 cm³/mol. The fourth-order valence-corrected chi connectivity index (χ4v) is 5.74. The third-order valence-electron chi connectivity index (χ3n) is 5.02. The Balaban J connectivity index is 0.000000252. The molecule has 4 heteroatoms. The molecule has 0 atom stereocenters. The molecule has 1 aromatic heterocycles. The van der Waals surface area contributed by atoms with E-state index in [0.29, 0.717) is 0 Å². The van der Waals surface area contributed by atoms with Gasteiger partial charge in [0.1, 0.15) is 0 Å². The zero-order valence-corrected chi connectivity index (χ0v) is 24.7. The van der Waals surface area contributed by atoms with Crippen LogP contribution in [-0.4, -0.2) is 3.26 Å². The molecule has 1 heterocycles. The van der Waals surface area contributed by atoms with Gasteiger partial charge in [0.05, 0.1) is 0 Å². The van der Waals surface area contributed by atoms with Crippen molar-refractivity contribution in [2.45, 2.75) is 46.0 Å². The molecule has 2 aliphatic rings. The Bertz CT molecular complexity index is 980. The Labute approximate surface area is 224 Å². The standard InChI is InChI=1S/C13H9.C10H14S.C5H5.2ClH.Hf/c1-3-7-12-10(5-1)9-11-6-2-4-8-13(11)12;1-3-4-5-6-10-8-7-9(2)11-10;1-2-4-5-3-1;;;/h1-5,7-8H,9H2;7-8H,3-5H2,1-2H3;1-3H,4H2;2*1H;/q-1;;-1;;;+2. The smallest absolute Gasteiger partial charge is 0.0253 e. The van der Waals surface area contributed by atoms with Crippen molar-refractivity contribution in [3.05, 3.63) is 106 Å². The second kappa shape index (κ2) is 15.7. The molecule has 3 aromatic rings. The largest absolute Gasteiger partial charge is 0.273 e. The molecule has 0 nitrogen and oxygen atoms in total. The molecule has 0 amide bonds. The molecular formula is C28H30Cl2HfS. The number of benzene rings is 2.